The van der Waals surface area contributed by atoms with Crippen LogP contribution in [0.5, 0.6) is 0 Å². The van der Waals surface area contributed by atoms with Crippen LogP contribution < -0.4 is 13.7 Å². The highest BCUT2D eigenvalue weighted by molar-refractivity contribution is 3.91. The molecule has 0 unspecified atom stereocenters. The molecule has 0 aromatic heterocycles. The first-order chi connectivity index (χ1) is 3.15. The maximum absolute atomic E-state index is 8.63. The minimum absolute atomic E-state index is 1.88. The standard InChI is InChI=1S/C2H7N.BrHO3/c1-3-2;2-1(3)4/h3H,1-2H3;2H. The van der Waals surface area contributed by atoms with Crippen molar-refractivity contribution in [2.24, 2.45) is 0 Å². The zero-order chi connectivity index (χ0) is 6.28. The molecule has 0 fully saturated rings. The van der Waals surface area contributed by atoms with Gasteiger partial charge in [0, 0.05) is 0 Å². The number of hydrogen-bond donors (Lipinski definition) is 2. The highest BCUT2D eigenvalue weighted by atomic mass is 80.0. The van der Waals surface area contributed by atoms with Crippen LogP contribution in [0.2, 0.25) is 0 Å². The summed E-state index contributed by atoms with van der Waals surface area (Å²) in [6, 6.07) is 0. The molecular weight excluding hydrogens is 166 g/mol. The lowest BCUT2D eigenvalue weighted by Gasteiger charge is -1.69. The molecule has 0 bridgehead atoms. The molecule has 0 saturated carbocycles. The van der Waals surface area contributed by atoms with Crippen LogP contribution in [0.1, 0.15) is 0 Å². The highest BCUT2D eigenvalue weighted by Gasteiger charge is 1.86. The van der Waals surface area contributed by atoms with E-state index in [1.54, 1.807) is 0 Å². The quantitative estimate of drug-likeness (QED) is 0.407. The van der Waals surface area contributed by atoms with Crippen molar-refractivity contribution >= 4 is 0 Å². The van der Waals surface area contributed by atoms with Crippen molar-refractivity contribution in [2.45, 2.75) is 0 Å². The average molecular weight is 174 g/mol. The molecule has 0 heterocycles. The summed E-state index contributed by atoms with van der Waals surface area (Å²) < 4.78 is 24.3. The van der Waals surface area contributed by atoms with Gasteiger partial charge in [0.05, 0.1) is 0 Å². The van der Waals surface area contributed by atoms with Crippen molar-refractivity contribution in [2.75, 3.05) is 14.1 Å². The van der Waals surface area contributed by atoms with Gasteiger partial charge in [-0.1, -0.05) is 0 Å². The molecule has 0 spiro atoms. The van der Waals surface area contributed by atoms with Crippen LogP contribution in [-0.4, -0.2) is 18.3 Å². The van der Waals surface area contributed by atoms with E-state index in [-0.39, 0.29) is 0 Å². The predicted molar refractivity (Wildman–Crippen MR) is 17.2 cm³/mol. The second-order valence-electron chi connectivity index (χ2n) is 0.701. The van der Waals surface area contributed by atoms with Gasteiger partial charge in [0.1, 0.15) is 0 Å². The van der Waals surface area contributed by atoms with Gasteiger partial charge in [0.25, 0.3) is 0 Å². The molecule has 0 rings (SSSR count). The van der Waals surface area contributed by atoms with E-state index in [4.69, 9.17) is 12.6 Å². The van der Waals surface area contributed by atoms with Crippen molar-refractivity contribution in [3.05, 3.63) is 0 Å². The predicted octanol–water partition coefficient (Wildman–Crippen LogP) is -3.10. The van der Waals surface area contributed by atoms with Crippen molar-refractivity contribution in [1.82, 2.24) is 5.32 Å². The molecule has 0 aromatic carbocycles. The molecular formula is C2H8BrNO3. The Morgan fingerprint density at radius 2 is 1.43 bits per heavy atom. The summed E-state index contributed by atoms with van der Waals surface area (Å²) in [5.41, 5.74) is 0. The summed E-state index contributed by atoms with van der Waals surface area (Å²) in [4.78, 5) is 0. The van der Waals surface area contributed by atoms with Gasteiger partial charge in [-0.2, -0.15) is 0 Å². The Bertz CT molecular complexity index is 24.1. The summed E-state index contributed by atoms with van der Waals surface area (Å²) in [6.45, 7) is 0. The third-order valence-corrected chi connectivity index (χ3v) is 0. The Morgan fingerprint density at radius 3 is 1.43 bits per heavy atom. The van der Waals surface area contributed by atoms with E-state index < -0.39 is 14.8 Å². The summed E-state index contributed by atoms with van der Waals surface area (Å²) in [7, 11) is 3.75. The Hall–Kier alpha value is 0.320. The summed E-state index contributed by atoms with van der Waals surface area (Å²) in [5, 5.41) is 2.75. The van der Waals surface area contributed by atoms with Crippen molar-refractivity contribution < 1.29 is 27.4 Å². The maximum atomic E-state index is 8.63. The van der Waals surface area contributed by atoms with Gasteiger partial charge in [0.2, 0.25) is 0 Å². The molecule has 5 heteroatoms. The molecule has 0 atom stereocenters. The van der Waals surface area contributed by atoms with Crippen molar-refractivity contribution in [1.29, 1.82) is 0 Å². The van der Waals surface area contributed by atoms with E-state index in [9.17, 15) is 0 Å². The van der Waals surface area contributed by atoms with E-state index in [0.29, 0.717) is 0 Å². The Kier molecular flexibility index (Phi) is 14.1. The van der Waals surface area contributed by atoms with Crippen LogP contribution in [0.15, 0.2) is 0 Å². The smallest absolute Gasteiger partial charge is 0.372 e. The zero-order valence-corrected chi connectivity index (χ0v) is 5.73. The molecule has 2 N–H and O–H groups in total. The molecule has 0 aliphatic carbocycles. The minimum atomic E-state index is -3.40. The van der Waals surface area contributed by atoms with Crippen molar-refractivity contribution in [3.8, 4) is 0 Å². The van der Waals surface area contributed by atoms with Crippen LogP contribution in [0, 0.1) is 14.8 Å². The second-order valence-corrected chi connectivity index (χ2v) is 1.54. The lowest BCUT2D eigenvalue weighted by Crippen LogP contribution is -2.30. The molecule has 46 valence electrons. The van der Waals surface area contributed by atoms with E-state index >= 15 is 0 Å². The Labute approximate surface area is 47.6 Å². The number of hydrogen-bond acceptors (Lipinski definition) is 4. The molecule has 0 radical (unpaired) electrons. The first-order valence-corrected chi connectivity index (χ1v) is 3.48. The lowest BCUT2D eigenvalue weighted by atomic mass is 11.3. The van der Waals surface area contributed by atoms with Gasteiger partial charge >= 0.3 is 14.8 Å². The van der Waals surface area contributed by atoms with Gasteiger partial charge in [-0.3, -0.25) is 0 Å². The van der Waals surface area contributed by atoms with Crippen LogP contribution in [0.25, 0.3) is 0 Å². The molecule has 4 nitrogen and oxygen atoms in total. The minimum Gasteiger partial charge on any atom is -0.372 e. The molecule has 0 aromatic rings. The maximum Gasteiger partial charge on any atom is 0.433 e. The van der Waals surface area contributed by atoms with E-state index in [2.05, 4.69) is 5.32 Å². The average Bonchev–Trinajstić information content (AvgIpc) is 1.33. The monoisotopic (exact) mass is 173 g/mol. The van der Waals surface area contributed by atoms with Crippen LogP contribution in [0.4, 0.5) is 0 Å². The van der Waals surface area contributed by atoms with Crippen LogP contribution >= 0.6 is 0 Å². The molecule has 0 saturated heterocycles. The first-order valence-electron chi connectivity index (χ1n) is 1.48. The highest BCUT2D eigenvalue weighted by Crippen LogP contribution is 1.38. The summed E-state index contributed by atoms with van der Waals surface area (Å²) in [5.74, 6) is 0. The topological polar surface area (TPSA) is 78.4 Å². The van der Waals surface area contributed by atoms with Crippen LogP contribution in [0.3, 0.4) is 0 Å². The molecule has 7 heavy (non-hydrogen) atoms. The molecule has 0 amide bonds. The second kappa shape index (κ2) is 9.58. The largest absolute Gasteiger partial charge is 0.433 e. The Morgan fingerprint density at radius 1 is 1.43 bits per heavy atom. The lowest BCUT2D eigenvalue weighted by molar-refractivity contribution is -1.63. The van der Waals surface area contributed by atoms with E-state index in [0.717, 1.165) is 0 Å². The van der Waals surface area contributed by atoms with Gasteiger partial charge in [-0.05, 0) is 18.3 Å². The normalized spacial score (nSPS) is 7.71. The molecule has 0 aliphatic rings. The number of nitrogens with one attached hydrogen (secondary N) is 1. The SMILES string of the molecule is CNC.[O-][Br+2]([O-])O. The summed E-state index contributed by atoms with van der Waals surface area (Å²) >= 11 is -3.40. The third kappa shape index (κ3) is 1150. The number of halogens is 1. The fourth-order valence-corrected chi connectivity index (χ4v) is 0. The van der Waals surface area contributed by atoms with Crippen LogP contribution in [-0.2, 0) is 0 Å². The molecule has 0 aliphatic heterocycles. The van der Waals surface area contributed by atoms with Gasteiger partial charge in [0.15, 0.2) is 0 Å². The van der Waals surface area contributed by atoms with Gasteiger partial charge in [-0.15, -0.1) is 0 Å². The third-order valence-electron chi connectivity index (χ3n) is 0. The van der Waals surface area contributed by atoms with Gasteiger partial charge in [-0.25, -0.2) is 0 Å². The first kappa shape index (κ1) is 10.3. The van der Waals surface area contributed by atoms with E-state index in [1.807, 2.05) is 14.1 Å². The fourth-order valence-electron chi connectivity index (χ4n) is 0. The van der Waals surface area contributed by atoms with Crippen molar-refractivity contribution in [3.63, 3.8) is 0 Å². The fraction of sp³-hybridized carbons (Fsp3) is 1.00. The number of rotatable bonds is 0. The summed E-state index contributed by atoms with van der Waals surface area (Å²) in [6.07, 6.45) is 0. The van der Waals surface area contributed by atoms with E-state index in [1.165, 1.54) is 0 Å². The van der Waals surface area contributed by atoms with Gasteiger partial charge < -0.3 is 13.7 Å². The zero-order valence-electron chi connectivity index (χ0n) is 4.14. The Balaban J connectivity index is 0.